The van der Waals surface area contributed by atoms with Gasteiger partial charge in [0.25, 0.3) is 0 Å². The Hall–Kier alpha value is -1.17. The van der Waals surface area contributed by atoms with Crippen molar-refractivity contribution in [3.05, 3.63) is 64.4 Å². The number of nitrogens with zero attached hydrogens (tertiary/aromatic N) is 1. The molecule has 2 nitrogen and oxygen atoms in total. The molecule has 92 valence electrons. The molecule has 0 saturated carbocycles. The van der Waals surface area contributed by atoms with Crippen molar-refractivity contribution >= 4 is 33.5 Å². The van der Waals surface area contributed by atoms with Gasteiger partial charge < -0.3 is 4.55 Å². The van der Waals surface area contributed by atoms with Crippen LogP contribution in [-0.4, -0.2) is 10.8 Å². The van der Waals surface area contributed by atoms with Gasteiger partial charge in [-0.1, -0.05) is 32.5 Å². The van der Waals surface area contributed by atoms with Crippen molar-refractivity contribution in [3.63, 3.8) is 0 Å². The quantitative estimate of drug-likeness (QED) is 0.625. The summed E-state index contributed by atoms with van der Waals surface area (Å²) >= 11 is 1.82. The smallest absolute Gasteiger partial charge is 0.182 e. The SMILES string of the molecule is [O-][S+](/N=C/c1ccc(Br)cc1)c1ccc(F)cc1. The first-order valence-corrected chi connectivity index (χ1v) is 7.02. The lowest BCUT2D eigenvalue weighted by molar-refractivity contribution is 0.595. The lowest BCUT2D eigenvalue weighted by Gasteiger charge is -2.01. The molecule has 2 aromatic carbocycles. The Morgan fingerprint density at radius 2 is 1.67 bits per heavy atom. The Kier molecular flexibility index (Phi) is 4.52. The molecule has 0 aliphatic heterocycles. The summed E-state index contributed by atoms with van der Waals surface area (Å²) in [5, 5.41) is 0. The monoisotopic (exact) mass is 325 g/mol. The van der Waals surface area contributed by atoms with Crippen molar-refractivity contribution in [1.82, 2.24) is 0 Å². The van der Waals surface area contributed by atoms with Gasteiger partial charge in [0.05, 0.1) is 6.21 Å². The van der Waals surface area contributed by atoms with Crippen molar-refractivity contribution in [1.29, 1.82) is 0 Å². The number of halogens is 2. The third-order valence-corrected chi connectivity index (χ3v) is 3.68. The van der Waals surface area contributed by atoms with E-state index in [1.54, 1.807) is 0 Å². The van der Waals surface area contributed by atoms with Crippen LogP contribution < -0.4 is 0 Å². The number of rotatable bonds is 3. The first-order valence-electron chi connectivity index (χ1n) is 5.12. The molecule has 18 heavy (non-hydrogen) atoms. The predicted octanol–water partition coefficient (Wildman–Crippen LogP) is 3.73. The van der Waals surface area contributed by atoms with E-state index < -0.39 is 11.4 Å². The van der Waals surface area contributed by atoms with E-state index in [2.05, 4.69) is 20.3 Å². The van der Waals surface area contributed by atoms with Gasteiger partial charge in [-0.2, -0.15) is 0 Å². The molecule has 0 aliphatic carbocycles. The molecule has 0 radical (unpaired) electrons. The molecule has 2 rings (SSSR count). The minimum atomic E-state index is -1.51. The van der Waals surface area contributed by atoms with Gasteiger partial charge >= 0.3 is 0 Å². The molecule has 0 bridgehead atoms. The maximum atomic E-state index is 12.7. The zero-order valence-corrected chi connectivity index (χ0v) is 11.6. The second kappa shape index (κ2) is 6.13. The lowest BCUT2D eigenvalue weighted by Crippen LogP contribution is -1.97. The molecule has 0 saturated heterocycles. The maximum Gasteiger partial charge on any atom is 0.182 e. The van der Waals surface area contributed by atoms with Gasteiger partial charge in [0.1, 0.15) is 17.2 Å². The first kappa shape index (κ1) is 13.3. The molecule has 5 heteroatoms. The average Bonchev–Trinajstić information content (AvgIpc) is 2.38. The summed E-state index contributed by atoms with van der Waals surface area (Å²) in [5.74, 6) is -0.354. The standard InChI is InChI=1S/C13H9BrFNOS/c14-11-3-1-10(2-4-11)9-16-18(17)13-7-5-12(15)6-8-13/h1-9H/b16-9+. The molecule has 1 unspecified atom stereocenters. The van der Waals surface area contributed by atoms with E-state index in [9.17, 15) is 8.94 Å². The van der Waals surface area contributed by atoms with Gasteiger partial charge in [-0.3, -0.25) is 0 Å². The summed E-state index contributed by atoms with van der Waals surface area (Å²) in [6.45, 7) is 0. The van der Waals surface area contributed by atoms with Gasteiger partial charge in [-0.15, -0.1) is 0 Å². The fraction of sp³-hybridized carbons (Fsp3) is 0. The maximum absolute atomic E-state index is 12.7. The van der Waals surface area contributed by atoms with Crippen molar-refractivity contribution in [3.8, 4) is 0 Å². The van der Waals surface area contributed by atoms with Crippen molar-refractivity contribution < 1.29 is 8.94 Å². The van der Waals surface area contributed by atoms with Gasteiger partial charge in [-0.05, 0) is 42.0 Å². The largest absolute Gasteiger partial charge is 0.586 e. The average molecular weight is 326 g/mol. The van der Waals surface area contributed by atoms with Crippen LogP contribution in [0.25, 0.3) is 0 Å². The summed E-state index contributed by atoms with van der Waals surface area (Å²) in [6.07, 6.45) is 1.53. The van der Waals surface area contributed by atoms with Gasteiger partial charge in [0.2, 0.25) is 0 Å². The van der Waals surface area contributed by atoms with Crippen LogP contribution in [-0.2, 0) is 11.4 Å². The van der Waals surface area contributed by atoms with E-state index in [0.29, 0.717) is 4.90 Å². The molecule has 0 N–H and O–H groups in total. The van der Waals surface area contributed by atoms with Crippen LogP contribution in [0.2, 0.25) is 0 Å². The molecule has 0 fully saturated rings. The molecule has 0 amide bonds. The summed E-state index contributed by atoms with van der Waals surface area (Å²) in [4.78, 5) is 0.477. The normalized spacial score (nSPS) is 12.8. The number of benzene rings is 2. The van der Waals surface area contributed by atoms with E-state index >= 15 is 0 Å². The van der Waals surface area contributed by atoms with Crippen LogP contribution in [0, 0.1) is 5.82 Å². The Labute approximate surface area is 116 Å². The minimum Gasteiger partial charge on any atom is -0.586 e. The summed E-state index contributed by atoms with van der Waals surface area (Å²) in [5.41, 5.74) is 0.855. The topological polar surface area (TPSA) is 35.4 Å². The Bertz CT molecular complexity index is 542. The van der Waals surface area contributed by atoms with Crippen molar-refractivity contribution in [2.75, 3.05) is 0 Å². The highest BCUT2D eigenvalue weighted by Gasteiger charge is 2.08. The zero-order valence-electron chi connectivity index (χ0n) is 9.22. The first-order chi connectivity index (χ1) is 8.65. The van der Waals surface area contributed by atoms with Crippen LogP contribution in [0.4, 0.5) is 4.39 Å². The molecular formula is C13H9BrFNOS. The van der Waals surface area contributed by atoms with E-state index in [1.807, 2.05) is 24.3 Å². The van der Waals surface area contributed by atoms with E-state index in [1.165, 1.54) is 30.5 Å². The second-order valence-corrected chi connectivity index (χ2v) is 5.59. The Morgan fingerprint density at radius 1 is 1.06 bits per heavy atom. The molecule has 2 aromatic rings. The van der Waals surface area contributed by atoms with Gasteiger partial charge in [0.15, 0.2) is 4.90 Å². The van der Waals surface area contributed by atoms with Crippen LogP contribution in [0.15, 0.2) is 62.3 Å². The minimum absolute atomic E-state index is 0.354. The second-order valence-electron chi connectivity index (χ2n) is 3.49. The molecule has 0 aromatic heterocycles. The number of hydrogen-bond acceptors (Lipinski definition) is 2. The highest BCUT2D eigenvalue weighted by Crippen LogP contribution is 2.13. The van der Waals surface area contributed by atoms with E-state index in [-0.39, 0.29) is 5.82 Å². The lowest BCUT2D eigenvalue weighted by atomic mass is 10.2. The molecule has 0 aliphatic rings. The summed E-state index contributed by atoms with van der Waals surface area (Å²) in [6, 6.07) is 12.9. The predicted molar refractivity (Wildman–Crippen MR) is 74.5 cm³/mol. The molecule has 0 heterocycles. The fourth-order valence-corrected chi connectivity index (χ4v) is 2.24. The van der Waals surface area contributed by atoms with E-state index in [0.717, 1.165) is 10.0 Å². The van der Waals surface area contributed by atoms with Crippen LogP contribution in [0.5, 0.6) is 0 Å². The third kappa shape index (κ3) is 3.66. The molecule has 0 spiro atoms. The van der Waals surface area contributed by atoms with Gasteiger partial charge in [-0.25, -0.2) is 4.39 Å². The number of hydrogen-bond donors (Lipinski definition) is 0. The van der Waals surface area contributed by atoms with E-state index in [4.69, 9.17) is 0 Å². The highest BCUT2D eigenvalue weighted by molar-refractivity contribution is 9.10. The Morgan fingerprint density at radius 3 is 2.28 bits per heavy atom. The summed E-state index contributed by atoms with van der Waals surface area (Å²) < 4.78 is 29.4. The van der Waals surface area contributed by atoms with Crippen molar-refractivity contribution in [2.24, 2.45) is 4.40 Å². The fourth-order valence-electron chi connectivity index (χ4n) is 1.27. The Balaban J connectivity index is 2.08. The third-order valence-electron chi connectivity index (χ3n) is 2.18. The zero-order chi connectivity index (χ0) is 13.0. The molecular weight excluding hydrogens is 317 g/mol. The summed E-state index contributed by atoms with van der Waals surface area (Å²) in [7, 11) is 0. The highest BCUT2D eigenvalue weighted by atomic mass is 79.9. The van der Waals surface area contributed by atoms with Crippen LogP contribution in [0.1, 0.15) is 5.56 Å². The van der Waals surface area contributed by atoms with Crippen LogP contribution >= 0.6 is 15.9 Å². The van der Waals surface area contributed by atoms with Crippen LogP contribution in [0.3, 0.4) is 0 Å². The van der Waals surface area contributed by atoms with Crippen molar-refractivity contribution in [2.45, 2.75) is 4.90 Å². The van der Waals surface area contributed by atoms with Gasteiger partial charge in [0, 0.05) is 4.47 Å². The molecule has 1 atom stereocenters.